The van der Waals surface area contributed by atoms with Crippen LogP contribution in [-0.4, -0.2) is 50.1 Å². The van der Waals surface area contributed by atoms with Crippen LogP contribution in [0.15, 0.2) is 0 Å². The summed E-state index contributed by atoms with van der Waals surface area (Å²) >= 11 is 0. The number of hydrogen-bond acceptors (Lipinski definition) is 3. The largest absolute Gasteiger partial charge is 0.356 e. The third-order valence-electron chi connectivity index (χ3n) is 4.06. The van der Waals surface area contributed by atoms with Gasteiger partial charge in [0, 0.05) is 13.0 Å². The van der Waals surface area contributed by atoms with E-state index in [2.05, 4.69) is 29.4 Å². The van der Waals surface area contributed by atoms with Gasteiger partial charge in [0.05, 0.1) is 0 Å². The highest BCUT2D eigenvalue weighted by Crippen LogP contribution is 2.13. The average molecular weight is 269 g/mol. The fourth-order valence-corrected chi connectivity index (χ4v) is 2.61. The number of hydrogen-bond donors (Lipinski definition) is 2. The van der Waals surface area contributed by atoms with Gasteiger partial charge in [0.1, 0.15) is 0 Å². The van der Waals surface area contributed by atoms with E-state index in [-0.39, 0.29) is 5.91 Å². The van der Waals surface area contributed by atoms with Crippen LogP contribution < -0.4 is 10.6 Å². The zero-order valence-corrected chi connectivity index (χ0v) is 12.7. The van der Waals surface area contributed by atoms with Crippen molar-refractivity contribution in [1.82, 2.24) is 15.5 Å². The molecule has 1 atom stereocenters. The minimum absolute atomic E-state index is 0.231. The van der Waals surface area contributed by atoms with Crippen molar-refractivity contribution < 1.29 is 4.79 Å². The molecule has 0 bridgehead atoms. The first-order valence-electron chi connectivity index (χ1n) is 7.96. The van der Waals surface area contributed by atoms with Gasteiger partial charge in [-0.15, -0.1) is 0 Å². The maximum absolute atomic E-state index is 11.7. The van der Waals surface area contributed by atoms with Gasteiger partial charge in [-0.1, -0.05) is 13.8 Å². The molecule has 1 heterocycles. The molecule has 0 radical (unpaired) electrons. The van der Waals surface area contributed by atoms with Crippen molar-refractivity contribution in [3.63, 3.8) is 0 Å². The second kappa shape index (κ2) is 10.2. The molecule has 1 saturated heterocycles. The Kier molecular flexibility index (Phi) is 8.84. The summed E-state index contributed by atoms with van der Waals surface area (Å²) in [6, 6.07) is 0. The van der Waals surface area contributed by atoms with Gasteiger partial charge in [-0.3, -0.25) is 4.79 Å². The fraction of sp³-hybridized carbons (Fsp3) is 0.933. The Bertz CT molecular complexity index is 236. The quantitative estimate of drug-likeness (QED) is 0.592. The predicted octanol–water partition coefficient (Wildman–Crippen LogP) is 1.61. The Morgan fingerprint density at radius 2 is 2.11 bits per heavy atom. The molecule has 1 amide bonds. The first kappa shape index (κ1) is 16.4. The monoisotopic (exact) mass is 269 g/mol. The summed E-state index contributed by atoms with van der Waals surface area (Å²) in [7, 11) is 0. The number of nitrogens with zero attached hydrogens (tertiary/aromatic N) is 1. The summed E-state index contributed by atoms with van der Waals surface area (Å²) in [5.74, 6) is 0.947. The van der Waals surface area contributed by atoms with Gasteiger partial charge >= 0.3 is 0 Å². The third-order valence-corrected chi connectivity index (χ3v) is 4.06. The molecule has 4 heteroatoms. The van der Waals surface area contributed by atoms with Crippen molar-refractivity contribution in [2.24, 2.45) is 5.92 Å². The van der Waals surface area contributed by atoms with Crippen LogP contribution in [0.3, 0.4) is 0 Å². The minimum atomic E-state index is 0.231. The zero-order valence-electron chi connectivity index (χ0n) is 12.7. The lowest BCUT2D eigenvalue weighted by atomic mass is 10.0. The molecule has 19 heavy (non-hydrogen) atoms. The van der Waals surface area contributed by atoms with E-state index in [0.29, 0.717) is 12.3 Å². The smallest absolute Gasteiger partial charge is 0.220 e. The summed E-state index contributed by atoms with van der Waals surface area (Å²) in [6.45, 7) is 10.8. The second-order valence-corrected chi connectivity index (χ2v) is 5.48. The van der Waals surface area contributed by atoms with Gasteiger partial charge in [-0.2, -0.15) is 0 Å². The Morgan fingerprint density at radius 3 is 2.74 bits per heavy atom. The van der Waals surface area contributed by atoms with Crippen LogP contribution >= 0.6 is 0 Å². The number of unbranched alkanes of at least 4 members (excludes halogenated alkanes) is 1. The Balaban J connectivity index is 1.92. The first-order valence-corrected chi connectivity index (χ1v) is 7.96. The molecule has 0 aromatic rings. The summed E-state index contributed by atoms with van der Waals surface area (Å²) in [5.41, 5.74) is 0. The average Bonchev–Trinajstić information content (AvgIpc) is 2.94. The summed E-state index contributed by atoms with van der Waals surface area (Å²) in [4.78, 5) is 14.1. The van der Waals surface area contributed by atoms with E-state index in [0.717, 1.165) is 52.1 Å². The molecule has 1 aliphatic heterocycles. The number of nitrogens with one attached hydrogen (secondary N) is 2. The van der Waals surface area contributed by atoms with Gasteiger partial charge < -0.3 is 15.5 Å². The topological polar surface area (TPSA) is 44.4 Å². The van der Waals surface area contributed by atoms with E-state index in [1.807, 2.05) is 0 Å². The highest BCUT2D eigenvalue weighted by Gasteiger charge is 2.15. The van der Waals surface area contributed by atoms with Gasteiger partial charge in [-0.25, -0.2) is 0 Å². The van der Waals surface area contributed by atoms with Gasteiger partial charge in [0.25, 0.3) is 0 Å². The molecular weight excluding hydrogens is 238 g/mol. The van der Waals surface area contributed by atoms with Gasteiger partial charge in [0.2, 0.25) is 5.91 Å². The van der Waals surface area contributed by atoms with E-state index in [1.54, 1.807) is 0 Å². The van der Waals surface area contributed by atoms with E-state index in [4.69, 9.17) is 0 Å². The molecule has 0 aliphatic carbocycles. The highest BCUT2D eigenvalue weighted by molar-refractivity contribution is 5.75. The number of carbonyl (C=O) groups excluding carboxylic acids is 1. The number of carbonyl (C=O) groups is 1. The van der Waals surface area contributed by atoms with Crippen LogP contribution in [0.5, 0.6) is 0 Å². The third kappa shape index (κ3) is 7.53. The van der Waals surface area contributed by atoms with E-state index in [1.165, 1.54) is 12.8 Å². The molecule has 0 spiro atoms. The van der Waals surface area contributed by atoms with Crippen LogP contribution in [0, 0.1) is 5.92 Å². The van der Waals surface area contributed by atoms with Gasteiger partial charge in [0.15, 0.2) is 0 Å². The Morgan fingerprint density at radius 1 is 1.32 bits per heavy atom. The highest BCUT2D eigenvalue weighted by atomic mass is 16.1. The Labute approximate surface area is 118 Å². The van der Waals surface area contributed by atoms with E-state index in [9.17, 15) is 4.79 Å². The summed E-state index contributed by atoms with van der Waals surface area (Å²) < 4.78 is 0. The second-order valence-electron chi connectivity index (χ2n) is 5.48. The molecule has 2 N–H and O–H groups in total. The molecular formula is C15H31N3O. The maximum atomic E-state index is 11.7. The van der Waals surface area contributed by atoms with Crippen molar-refractivity contribution in [1.29, 1.82) is 0 Å². The lowest BCUT2D eigenvalue weighted by Crippen LogP contribution is -2.27. The Hall–Kier alpha value is -0.610. The molecule has 1 aliphatic rings. The number of rotatable bonds is 10. The zero-order chi connectivity index (χ0) is 13.9. The normalized spacial score (nSPS) is 19.0. The maximum Gasteiger partial charge on any atom is 0.220 e. The van der Waals surface area contributed by atoms with E-state index < -0.39 is 0 Å². The van der Waals surface area contributed by atoms with Crippen LogP contribution in [0.2, 0.25) is 0 Å². The molecule has 1 unspecified atom stereocenters. The van der Waals surface area contributed by atoms with Crippen LogP contribution in [0.4, 0.5) is 0 Å². The van der Waals surface area contributed by atoms with Crippen molar-refractivity contribution in [2.45, 2.75) is 46.0 Å². The van der Waals surface area contributed by atoms with Crippen LogP contribution in [0.1, 0.15) is 46.0 Å². The van der Waals surface area contributed by atoms with Crippen LogP contribution in [0.25, 0.3) is 0 Å². The van der Waals surface area contributed by atoms with Crippen molar-refractivity contribution in [2.75, 3.05) is 39.3 Å². The van der Waals surface area contributed by atoms with Crippen molar-refractivity contribution in [3.05, 3.63) is 0 Å². The SMILES string of the molecule is CCN(CC)CCCCNC(=O)CCC1CCNC1. The molecule has 0 aromatic heterocycles. The summed E-state index contributed by atoms with van der Waals surface area (Å²) in [5, 5.41) is 6.38. The predicted molar refractivity (Wildman–Crippen MR) is 80.2 cm³/mol. The minimum Gasteiger partial charge on any atom is -0.356 e. The number of amides is 1. The fourth-order valence-electron chi connectivity index (χ4n) is 2.61. The molecule has 1 rings (SSSR count). The van der Waals surface area contributed by atoms with Gasteiger partial charge in [-0.05, 0) is 64.3 Å². The van der Waals surface area contributed by atoms with Crippen molar-refractivity contribution in [3.8, 4) is 0 Å². The standard InChI is InChI=1S/C15H31N3O/c1-3-18(4-2)12-6-5-10-17-15(19)8-7-14-9-11-16-13-14/h14,16H,3-13H2,1-2H3,(H,17,19). The molecule has 0 aromatic carbocycles. The first-order chi connectivity index (χ1) is 9.26. The lowest BCUT2D eigenvalue weighted by Gasteiger charge is -2.17. The van der Waals surface area contributed by atoms with Crippen molar-refractivity contribution >= 4 is 5.91 Å². The van der Waals surface area contributed by atoms with Crippen LogP contribution in [-0.2, 0) is 4.79 Å². The molecule has 4 nitrogen and oxygen atoms in total. The van der Waals surface area contributed by atoms with E-state index >= 15 is 0 Å². The summed E-state index contributed by atoms with van der Waals surface area (Å²) in [6.07, 6.45) is 5.24. The molecule has 112 valence electrons. The lowest BCUT2D eigenvalue weighted by molar-refractivity contribution is -0.121. The molecule has 1 fully saturated rings. The molecule has 0 saturated carbocycles.